The molecule has 0 radical (unpaired) electrons. The lowest BCUT2D eigenvalue weighted by atomic mass is 9.97. The van der Waals surface area contributed by atoms with Crippen LogP contribution in [0.2, 0.25) is 0 Å². The number of nitrogens with two attached hydrogens (primary N) is 1. The van der Waals surface area contributed by atoms with Crippen molar-refractivity contribution in [2.75, 3.05) is 31.6 Å². The van der Waals surface area contributed by atoms with E-state index in [0.717, 1.165) is 49.6 Å². The first-order chi connectivity index (χ1) is 11.3. The third-order valence-electron chi connectivity index (χ3n) is 4.25. The zero-order valence-electron chi connectivity index (χ0n) is 13.5. The summed E-state index contributed by atoms with van der Waals surface area (Å²) in [5.74, 6) is 2.29. The van der Waals surface area contributed by atoms with Gasteiger partial charge in [-0.15, -0.1) is 0 Å². The molecule has 1 saturated heterocycles. The topological polar surface area (TPSA) is 77.2 Å². The van der Waals surface area contributed by atoms with Gasteiger partial charge in [-0.1, -0.05) is 0 Å². The zero-order chi connectivity index (χ0) is 16.1. The van der Waals surface area contributed by atoms with Gasteiger partial charge in [-0.25, -0.2) is 9.97 Å². The summed E-state index contributed by atoms with van der Waals surface area (Å²) in [6.07, 6.45) is 5.77. The molecule has 2 N–H and O–H groups in total. The van der Waals surface area contributed by atoms with Crippen LogP contribution in [0.15, 0.2) is 30.6 Å². The molecule has 0 aliphatic carbocycles. The summed E-state index contributed by atoms with van der Waals surface area (Å²) in [4.78, 5) is 15.8. The Morgan fingerprint density at radius 3 is 2.78 bits per heavy atom. The summed E-state index contributed by atoms with van der Waals surface area (Å²) in [6, 6.07) is 5.89. The summed E-state index contributed by atoms with van der Waals surface area (Å²) in [5.41, 5.74) is 7.59. The van der Waals surface area contributed by atoms with Gasteiger partial charge >= 0.3 is 0 Å². The predicted molar refractivity (Wildman–Crippen MR) is 90.0 cm³/mol. The number of ether oxygens (including phenoxy) is 1. The fraction of sp³-hybridized carbons (Fsp3) is 0.471. The maximum absolute atomic E-state index is 5.78. The van der Waals surface area contributed by atoms with Gasteiger partial charge in [-0.2, -0.15) is 0 Å². The Kier molecular flexibility index (Phi) is 5.15. The first-order valence-corrected chi connectivity index (χ1v) is 8.02. The standard InChI is InChI=1S/C17H23N5O/c1-23-12-15-9-16(22-7-4-13(10-18)5-8-22)21-17(20-15)14-3-2-6-19-11-14/h2-3,6,9,11,13H,4-5,7-8,10,12,18H2,1H3. The maximum Gasteiger partial charge on any atom is 0.163 e. The van der Waals surface area contributed by atoms with Crippen molar-refractivity contribution in [1.82, 2.24) is 15.0 Å². The minimum atomic E-state index is 0.474. The second kappa shape index (κ2) is 7.48. The average Bonchev–Trinajstić information content (AvgIpc) is 2.62. The largest absolute Gasteiger partial charge is 0.378 e. The third-order valence-corrected chi connectivity index (χ3v) is 4.25. The Morgan fingerprint density at radius 2 is 2.13 bits per heavy atom. The van der Waals surface area contributed by atoms with E-state index in [0.29, 0.717) is 18.3 Å². The molecule has 23 heavy (non-hydrogen) atoms. The van der Waals surface area contributed by atoms with E-state index in [1.807, 2.05) is 18.2 Å². The smallest absolute Gasteiger partial charge is 0.163 e. The second-order valence-corrected chi connectivity index (χ2v) is 5.88. The van der Waals surface area contributed by atoms with Gasteiger partial charge in [0, 0.05) is 44.2 Å². The Labute approximate surface area is 136 Å². The third kappa shape index (κ3) is 3.83. The van der Waals surface area contributed by atoms with Gasteiger partial charge < -0.3 is 15.4 Å². The number of methoxy groups -OCH3 is 1. The molecule has 0 saturated carbocycles. The molecular formula is C17H23N5O. The molecule has 0 amide bonds. The van der Waals surface area contributed by atoms with Crippen LogP contribution in [-0.4, -0.2) is 41.7 Å². The summed E-state index contributed by atoms with van der Waals surface area (Å²) in [6.45, 7) is 3.21. The number of pyridine rings is 1. The molecule has 3 rings (SSSR count). The van der Waals surface area contributed by atoms with Crippen molar-refractivity contribution in [3.8, 4) is 11.4 Å². The molecule has 6 heteroatoms. The van der Waals surface area contributed by atoms with Crippen molar-refractivity contribution >= 4 is 5.82 Å². The lowest BCUT2D eigenvalue weighted by Gasteiger charge is -2.32. The fourth-order valence-corrected chi connectivity index (χ4v) is 2.89. The highest BCUT2D eigenvalue weighted by Crippen LogP contribution is 2.24. The van der Waals surface area contributed by atoms with Crippen LogP contribution in [0.3, 0.4) is 0 Å². The second-order valence-electron chi connectivity index (χ2n) is 5.88. The lowest BCUT2D eigenvalue weighted by molar-refractivity contribution is 0.181. The molecule has 1 aliphatic heterocycles. The highest BCUT2D eigenvalue weighted by atomic mass is 16.5. The number of piperidine rings is 1. The van der Waals surface area contributed by atoms with Gasteiger partial charge in [0.1, 0.15) is 5.82 Å². The summed E-state index contributed by atoms with van der Waals surface area (Å²) < 4.78 is 5.25. The van der Waals surface area contributed by atoms with Crippen LogP contribution in [0.25, 0.3) is 11.4 Å². The Morgan fingerprint density at radius 1 is 1.30 bits per heavy atom. The molecule has 0 spiro atoms. The van der Waals surface area contributed by atoms with Crippen molar-refractivity contribution in [3.63, 3.8) is 0 Å². The van der Waals surface area contributed by atoms with E-state index in [4.69, 9.17) is 15.5 Å². The van der Waals surface area contributed by atoms with Gasteiger partial charge in [0.25, 0.3) is 0 Å². The van der Waals surface area contributed by atoms with Crippen LogP contribution in [0, 0.1) is 5.92 Å². The molecule has 3 heterocycles. The first-order valence-electron chi connectivity index (χ1n) is 8.02. The highest BCUT2D eigenvalue weighted by molar-refractivity contribution is 5.56. The van der Waals surface area contributed by atoms with Crippen LogP contribution in [0.4, 0.5) is 5.82 Å². The molecule has 2 aromatic rings. The summed E-state index contributed by atoms with van der Waals surface area (Å²) in [7, 11) is 1.68. The van der Waals surface area contributed by atoms with E-state index >= 15 is 0 Å². The predicted octanol–water partition coefficient (Wildman–Crippen LogP) is 1.86. The molecule has 0 bridgehead atoms. The van der Waals surface area contributed by atoms with Gasteiger partial charge in [0.15, 0.2) is 5.82 Å². The zero-order valence-corrected chi connectivity index (χ0v) is 13.5. The summed E-state index contributed by atoms with van der Waals surface area (Å²) >= 11 is 0. The number of nitrogens with zero attached hydrogens (tertiary/aromatic N) is 4. The monoisotopic (exact) mass is 313 g/mol. The number of rotatable bonds is 5. The van der Waals surface area contributed by atoms with Crippen molar-refractivity contribution in [2.45, 2.75) is 19.4 Å². The molecule has 6 nitrogen and oxygen atoms in total. The Balaban J connectivity index is 1.89. The molecule has 0 atom stereocenters. The Hall–Kier alpha value is -2.05. The van der Waals surface area contributed by atoms with Gasteiger partial charge in [0.2, 0.25) is 0 Å². The molecule has 2 aromatic heterocycles. The van der Waals surface area contributed by atoms with E-state index in [-0.39, 0.29) is 0 Å². The number of hydrogen-bond donors (Lipinski definition) is 1. The number of aromatic nitrogens is 3. The van der Waals surface area contributed by atoms with Crippen molar-refractivity contribution < 1.29 is 4.74 Å². The average molecular weight is 313 g/mol. The minimum Gasteiger partial charge on any atom is -0.378 e. The van der Waals surface area contributed by atoms with E-state index < -0.39 is 0 Å². The van der Waals surface area contributed by atoms with Crippen LogP contribution in [0.5, 0.6) is 0 Å². The van der Waals surface area contributed by atoms with Crippen LogP contribution < -0.4 is 10.6 Å². The molecule has 1 aliphatic rings. The first kappa shape index (κ1) is 15.8. The molecule has 0 aromatic carbocycles. The quantitative estimate of drug-likeness (QED) is 0.908. The van der Waals surface area contributed by atoms with Crippen molar-refractivity contribution in [2.24, 2.45) is 11.7 Å². The number of hydrogen-bond acceptors (Lipinski definition) is 6. The molecular weight excluding hydrogens is 290 g/mol. The summed E-state index contributed by atoms with van der Waals surface area (Å²) in [5, 5.41) is 0. The van der Waals surface area contributed by atoms with Gasteiger partial charge in [-0.05, 0) is 37.4 Å². The van der Waals surface area contributed by atoms with Crippen LogP contribution in [-0.2, 0) is 11.3 Å². The molecule has 122 valence electrons. The highest BCUT2D eigenvalue weighted by Gasteiger charge is 2.20. The van der Waals surface area contributed by atoms with Crippen LogP contribution >= 0.6 is 0 Å². The van der Waals surface area contributed by atoms with Crippen molar-refractivity contribution in [1.29, 1.82) is 0 Å². The van der Waals surface area contributed by atoms with E-state index in [9.17, 15) is 0 Å². The van der Waals surface area contributed by atoms with Gasteiger partial charge in [-0.3, -0.25) is 4.98 Å². The molecule has 0 unspecified atom stereocenters. The maximum atomic E-state index is 5.78. The lowest BCUT2D eigenvalue weighted by Crippen LogP contribution is -2.36. The van der Waals surface area contributed by atoms with E-state index in [2.05, 4.69) is 14.9 Å². The van der Waals surface area contributed by atoms with E-state index in [1.54, 1.807) is 19.5 Å². The SMILES string of the molecule is COCc1cc(N2CCC(CN)CC2)nc(-c2cccnc2)n1. The van der Waals surface area contributed by atoms with Gasteiger partial charge in [0.05, 0.1) is 12.3 Å². The van der Waals surface area contributed by atoms with Crippen LogP contribution in [0.1, 0.15) is 18.5 Å². The van der Waals surface area contributed by atoms with E-state index in [1.165, 1.54) is 0 Å². The fourth-order valence-electron chi connectivity index (χ4n) is 2.89. The number of anilines is 1. The Bertz CT molecular complexity index is 626. The normalized spacial score (nSPS) is 15.8. The minimum absolute atomic E-state index is 0.474. The van der Waals surface area contributed by atoms with Crippen molar-refractivity contribution in [3.05, 3.63) is 36.3 Å². The molecule has 1 fully saturated rings.